The number of hydrogen-bond acceptors (Lipinski definition) is 4. The molecule has 0 unspecified atom stereocenters. The van der Waals surface area contributed by atoms with Gasteiger partial charge in [0.25, 0.3) is 0 Å². The van der Waals surface area contributed by atoms with Gasteiger partial charge in [-0.25, -0.2) is 0 Å². The highest BCUT2D eigenvalue weighted by atomic mass is 16.6. The van der Waals surface area contributed by atoms with Gasteiger partial charge in [-0.15, -0.1) is 0 Å². The summed E-state index contributed by atoms with van der Waals surface area (Å²) >= 11 is 0. The van der Waals surface area contributed by atoms with Gasteiger partial charge in [0, 0.05) is 26.7 Å². The Kier molecular flexibility index (Phi) is 25.3. The molecule has 0 radical (unpaired) electrons. The molecule has 0 atom stereocenters. The molecule has 0 spiro atoms. The molecule has 4 heteroatoms. The van der Waals surface area contributed by atoms with Gasteiger partial charge in [-0.3, -0.25) is 0 Å². The number of hydroxylamine groups is 1. The van der Waals surface area contributed by atoms with Gasteiger partial charge in [0.05, 0.1) is 0 Å². The zero-order valence-corrected chi connectivity index (χ0v) is 12.1. The first-order valence-corrected chi connectivity index (χ1v) is 7.02. The Labute approximate surface area is 127 Å². The average molecular weight is 290 g/mol. The van der Waals surface area contributed by atoms with E-state index in [1.807, 2.05) is 7.05 Å². The maximum absolute atomic E-state index is 5.35. The van der Waals surface area contributed by atoms with E-state index >= 15 is 0 Å². The van der Waals surface area contributed by atoms with Crippen molar-refractivity contribution in [2.75, 3.05) is 33.9 Å². The molecule has 0 aromatic heterocycles. The van der Waals surface area contributed by atoms with Gasteiger partial charge >= 0.3 is 0 Å². The van der Waals surface area contributed by atoms with Crippen LogP contribution in [-0.4, -0.2) is 33.9 Å². The molecule has 0 fully saturated rings. The Hall–Kier alpha value is -0.580. The lowest BCUT2D eigenvalue weighted by atomic mass is 10.2. The van der Waals surface area contributed by atoms with Crippen LogP contribution in [0.15, 0.2) is 12.3 Å². The van der Waals surface area contributed by atoms with Crippen LogP contribution in [0.3, 0.4) is 0 Å². The van der Waals surface area contributed by atoms with Gasteiger partial charge in [0.2, 0.25) is 0 Å². The summed E-state index contributed by atoms with van der Waals surface area (Å²) in [6.07, 6.45) is 7.96. The fourth-order valence-electron chi connectivity index (χ4n) is 1.63. The Morgan fingerprint density at radius 2 is 1.60 bits per heavy atom. The molecule has 124 valence electrons. The molecule has 0 aromatic rings. The lowest BCUT2D eigenvalue weighted by Crippen LogP contribution is -2.15. The van der Waals surface area contributed by atoms with Crippen LogP contribution >= 0.6 is 0 Å². The number of ether oxygens (including phenoxy) is 1. The topological polar surface area (TPSA) is 42.5 Å². The second-order valence-corrected chi connectivity index (χ2v) is 4.50. The van der Waals surface area contributed by atoms with Crippen molar-refractivity contribution in [3.8, 4) is 0 Å². The Bertz CT molecular complexity index is 187. The van der Waals surface area contributed by atoms with Crippen LogP contribution in [0.5, 0.6) is 0 Å². The second kappa shape index (κ2) is 20.7. The first-order chi connectivity index (χ1) is 8.81. The van der Waals surface area contributed by atoms with Crippen LogP contribution in [0, 0.1) is 0 Å². The van der Waals surface area contributed by atoms with E-state index in [0.29, 0.717) is 0 Å². The van der Waals surface area contributed by atoms with Crippen LogP contribution < -0.4 is 10.8 Å². The van der Waals surface area contributed by atoms with Gasteiger partial charge in [0.15, 0.2) is 0 Å². The van der Waals surface area contributed by atoms with Crippen molar-refractivity contribution < 1.29 is 9.57 Å². The molecule has 4 nitrogen and oxygen atoms in total. The maximum atomic E-state index is 5.35. The van der Waals surface area contributed by atoms with Gasteiger partial charge in [-0.05, 0) is 39.3 Å². The summed E-state index contributed by atoms with van der Waals surface area (Å²) in [4.78, 5) is 5.35. The molecule has 0 aromatic carbocycles. The molecule has 0 amide bonds. The molecular formula is C16H38N2O2. The molecule has 2 N–H and O–H groups in total. The summed E-state index contributed by atoms with van der Waals surface area (Å²) in [5, 5.41) is 3.15. The monoisotopic (exact) mass is 290 g/mol. The van der Waals surface area contributed by atoms with Gasteiger partial charge < -0.3 is 14.9 Å². The minimum absolute atomic E-state index is 0. The van der Waals surface area contributed by atoms with E-state index in [-0.39, 0.29) is 14.9 Å². The normalized spacial score (nSPS) is 9.50. The predicted octanol–water partition coefficient (Wildman–Crippen LogP) is 3.89. The van der Waals surface area contributed by atoms with E-state index in [1.165, 1.54) is 19.3 Å². The molecule has 0 rings (SSSR count). The fraction of sp³-hybridized carbons (Fsp3) is 0.875. The number of hydrogen-bond donors (Lipinski definition) is 2. The SMILES string of the molecule is C.C.C=C(CCCCOC)ONCCCCCCNC. The minimum Gasteiger partial charge on any atom is -0.414 e. The van der Waals surface area contributed by atoms with Gasteiger partial charge in [-0.2, -0.15) is 5.48 Å². The molecule has 0 saturated carbocycles. The van der Waals surface area contributed by atoms with Crippen molar-refractivity contribution in [2.45, 2.75) is 59.8 Å². The van der Waals surface area contributed by atoms with Crippen LogP contribution in [-0.2, 0) is 9.57 Å². The van der Waals surface area contributed by atoms with E-state index in [2.05, 4.69) is 17.4 Å². The first-order valence-electron chi connectivity index (χ1n) is 7.02. The summed E-state index contributed by atoms with van der Waals surface area (Å²) in [6.45, 7) is 6.70. The lowest BCUT2D eigenvalue weighted by Gasteiger charge is -2.09. The number of allylic oxidation sites excluding steroid dienone is 1. The van der Waals surface area contributed by atoms with Crippen molar-refractivity contribution in [1.82, 2.24) is 10.8 Å². The third-order valence-electron chi connectivity index (χ3n) is 2.73. The van der Waals surface area contributed by atoms with Crippen molar-refractivity contribution in [2.24, 2.45) is 0 Å². The number of methoxy groups -OCH3 is 1. The van der Waals surface area contributed by atoms with Gasteiger partial charge in [0.1, 0.15) is 5.76 Å². The standard InChI is InChI=1S/C14H30N2O2.2CH4/c1-14(10-6-9-13-17-3)18-16-12-8-5-4-7-11-15-2;;/h15-16H,1,4-13H2,2-3H3;2*1H4. The minimum atomic E-state index is 0. The Morgan fingerprint density at radius 3 is 2.20 bits per heavy atom. The van der Waals surface area contributed by atoms with Crippen molar-refractivity contribution in [1.29, 1.82) is 0 Å². The highest BCUT2D eigenvalue weighted by Crippen LogP contribution is 2.05. The van der Waals surface area contributed by atoms with Crippen molar-refractivity contribution in [3.63, 3.8) is 0 Å². The molecule has 0 aliphatic rings. The molecule has 0 heterocycles. The highest BCUT2D eigenvalue weighted by molar-refractivity contribution is 4.80. The summed E-state index contributed by atoms with van der Waals surface area (Å²) in [5.41, 5.74) is 2.97. The van der Waals surface area contributed by atoms with Crippen molar-refractivity contribution >= 4 is 0 Å². The molecule has 0 bridgehead atoms. The number of nitrogens with one attached hydrogen (secondary N) is 2. The van der Waals surface area contributed by atoms with E-state index in [4.69, 9.17) is 9.57 Å². The largest absolute Gasteiger partial charge is 0.414 e. The van der Waals surface area contributed by atoms with Crippen molar-refractivity contribution in [3.05, 3.63) is 12.3 Å². The smallest absolute Gasteiger partial charge is 0.117 e. The van der Waals surface area contributed by atoms with Gasteiger partial charge in [-0.1, -0.05) is 34.3 Å². The third kappa shape index (κ3) is 19.8. The summed E-state index contributed by atoms with van der Waals surface area (Å²) in [5.74, 6) is 0.821. The van der Waals surface area contributed by atoms with Crippen LogP contribution in [0.25, 0.3) is 0 Å². The average Bonchev–Trinajstić information content (AvgIpc) is 2.38. The number of rotatable bonds is 14. The zero-order chi connectivity index (χ0) is 13.5. The third-order valence-corrected chi connectivity index (χ3v) is 2.73. The molecule has 0 aliphatic heterocycles. The van der Waals surface area contributed by atoms with E-state index < -0.39 is 0 Å². The highest BCUT2D eigenvalue weighted by Gasteiger charge is 1.96. The number of unbranched alkanes of at least 4 members (excludes halogenated alkanes) is 4. The molecule has 0 saturated heterocycles. The first kappa shape index (κ1) is 24.4. The molecule has 0 aliphatic carbocycles. The molecule has 20 heavy (non-hydrogen) atoms. The van der Waals surface area contributed by atoms with Crippen LogP contribution in [0.2, 0.25) is 0 Å². The van der Waals surface area contributed by atoms with E-state index in [9.17, 15) is 0 Å². The Morgan fingerprint density at radius 1 is 0.950 bits per heavy atom. The van der Waals surface area contributed by atoms with E-state index in [1.54, 1.807) is 7.11 Å². The zero-order valence-electron chi connectivity index (χ0n) is 12.1. The maximum Gasteiger partial charge on any atom is 0.117 e. The quantitative estimate of drug-likeness (QED) is 0.289. The summed E-state index contributed by atoms with van der Waals surface area (Å²) in [7, 11) is 3.72. The second-order valence-electron chi connectivity index (χ2n) is 4.50. The predicted molar refractivity (Wildman–Crippen MR) is 89.8 cm³/mol. The van der Waals surface area contributed by atoms with E-state index in [0.717, 1.165) is 51.1 Å². The van der Waals surface area contributed by atoms with Crippen LogP contribution in [0.4, 0.5) is 0 Å². The lowest BCUT2D eigenvalue weighted by molar-refractivity contribution is 0.0961. The summed E-state index contributed by atoms with van der Waals surface area (Å²) < 4.78 is 4.99. The molecular weight excluding hydrogens is 252 g/mol. The fourth-order valence-corrected chi connectivity index (χ4v) is 1.63. The summed E-state index contributed by atoms with van der Waals surface area (Å²) in [6, 6.07) is 0. The van der Waals surface area contributed by atoms with Crippen LogP contribution in [0.1, 0.15) is 59.8 Å². The Balaban J connectivity index is -0.00000144.